The number of aryl methyl sites for hydroxylation is 1. The van der Waals surface area contributed by atoms with E-state index in [9.17, 15) is 14.7 Å². The van der Waals surface area contributed by atoms with Crippen LogP contribution in [0.3, 0.4) is 0 Å². The van der Waals surface area contributed by atoms with Crippen LogP contribution in [0, 0.1) is 3.57 Å². The predicted molar refractivity (Wildman–Crippen MR) is 92.8 cm³/mol. The summed E-state index contributed by atoms with van der Waals surface area (Å²) in [4.78, 5) is 24.3. The average molecular weight is 436 g/mol. The highest BCUT2D eigenvalue weighted by Crippen LogP contribution is 2.29. The Morgan fingerprint density at radius 3 is 2.67 bits per heavy atom. The monoisotopic (exact) mass is 435 g/mol. The quantitative estimate of drug-likeness (QED) is 0.694. The lowest BCUT2D eigenvalue weighted by Gasteiger charge is -2.05. The molecule has 1 heterocycles. The molecule has 0 unspecified atom stereocenters. The van der Waals surface area contributed by atoms with Crippen molar-refractivity contribution in [3.05, 3.63) is 48.9 Å². The molecule has 4 nitrogen and oxygen atoms in total. The first kappa shape index (κ1) is 16.3. The minimum Gasteiger partial charge on any atom is -0.478 e. The second-order valence-electron chi connectivity index (χ2n) is 4.20. The topological polar surface area (TPSA) is 66.4 Å². The molecular formula is C14H11ClINO3S. The Kier molecular flexibility index (Phi) is 5.23. The van der Waals surface area contributed by atoms with Gasteiger partial charge in [-0.1, -0.05) is 18.5 Å². The van der Waals surface area contributed by atoms with Crippen molar-refractivity contribution < 1.29 is 14.7 Å². The Labute approximate surface area is 144 Å². The lowest BCUT2D eigenvalue weighted by Crippen LogP contribution is -2.13. The molecule has 2 aromatic rings. The van der Waals surface area contributed by atoms with E-state index in [1.807, 2.05) is 6.92 Å². The summed E-state index contributed by atoms with van der Waals surface area (Å²) in [5.41, 5.74) is 0.505. The third-order valence-corrected chi connectivity index (χ3v) is 5.54. The number of hydrogen-bond acceptors (Lipinski definition) is 3. The van der Waals surface area contributed by atoms with E-state index in [1.54, 1.807) is 24.3 Å². The Morgan fingerprint density at radius 1 is 1.38 bits per heavy atom. The molecule has 7 heteroatoms. The van der Waals surface area contributed by atoms with Gasteiger partial charge in [-0.2, -0.15) is 0 Å². The lowest BCUT2D eigenvalue weighted by atomic mass is 10.2. The number of amides is 1. The van der Waals surface area contributed by atoms with Crippen LogP contribution in [0.2, 0.25) is 5.02 Å². The molecule has 0 radical (unpaired) electrons. The SMILES string of the molecule is CCc1cc(C(=O)O)c(NC(=O)c2ccc(I)c(Cl)c2)s1. The van der Waals surface area contributed by atoms with Crippen molar-refractivity contribution in [2.45, 2.75) is 13.3 Å². The van der Waals surface area contributed by atoms with Crippen molar-refractivity contribution in [2.24, 2.45) is 0 Å². The Morgan fingerprint density at radius 2 is 2.10 bits per heavy atom. The average Bonchev–Trinajstić information content (AvgIpc) is 2.85. The first-order valence-electron chi connectivity index (χ1n) is 6.04. The van der Waals surface area contributed by atoms with Gasteiger partial charge in [0.1, 0.15) is 5.00 Å². The fourth-order valence-electron chi connectivity index (χ4n) is 1.68. The van der Waals surface area contributed by atoms with Crippen LogP contribution in [-0.2, 0) is 6.42 Å². The molecule has 1 aromatic carbocycles. The van der Waals surface area contributed by atoms with Crippen LogP contribution in [-0.4, -0.2) is 17.0 Å². The molecule has 0 spiro atoms. The molecule has 1 aromatic heterocycles. The maximum Gasteiger partial charge on any atom is 0.338 e. The van der Waals surface area contributed by atoms with Crippen molar-refractivity contribution in [3.8, 4) is 0 Å². The Hall–Kier alpha value is -1.12. The minimum atomic E-state index is -1.05. The van der Waals surface area contributed by atoms with E-state index in [-0.39, 0.29) is 11.5 Å². The fourth-order valence-corrected chi connectivity index (χ4v) is 3.18. The van der Waals surface area contributed by atoms with E-state index in [2.05, 4.69) is 27.9 Å². The van der Waals surface area contributed by atoms with Crippen LogP contribution in [0.1, 0.15) is 32.5 Å². The van der Waals surface area contributed by atoms with Gasteiger partial charge in [-0.15, -0.1) is 11.3 Å². The summed E-state index contributed by atoms with van der Waals surface area (Å²) in [5.74, 6) is -1.43. The number of anilines is 1. The maximum atomic E-state index is 12.2. The number of carboxylic acids is 1. The number of carboxylic acid groups (broad SMARTS) is 1. The van der Waals surface area contributed by atoms with Crippen LogP contribution < -0.4 is 5.32 Å². The summed E-state index contributed by atoms with van der Waals surface area (Å²) in [7, 11) is 0. The predicted octanol–water partition coefficient (Wildman–Crippen LogP) is 4.52. The van der Waals surface area contributed by atoms with Gasteiger partial charge in [0.25, 0.3) is 5.91 Å². The van der Waals surface area contributed by atoms with E-state index in [4.69, 9.17) is 11.6 Å². The van der Waals surface area contributed by atoms with Crippen LogP contribution in [0.25, 0.3) is 0 Å². The van der Waals surface area contributed by atoms with Crippen LogP contribution >= 0.6 is 45.5 Å². The van der Waals surface area contributed by atoms with Crippen molar-refractivity contribution in [1.29, 1.82) is 0 Å². The number of aromatic carboxylic acids is 1. The van der Waals surface area contributed by atoms with Crippen LogP contribution in [0.4, 0.5) is 5.00 Å². The molecule has 2 rings (SSSR count). The molecule has 21 heavy (non-hydrogen) atoms. The molecule has 0 aliphatic rings. The summed E-state index contributed by atoms with van der Waals surface area (Å²) in [6, 6.07) is 6.54. The van der Waals surface area contributed by atoms with Gasteiger partial charge in [-0.05, 0) is 53.3 Å². The number of rotatable bonds is 4. The zero-order valence-electron chi connectivity index (χ0n) is 10.9. The molecule has 0 saturated carbocycles. The number of nitrogens with one attached hydrogen (secondary N) is 1. The largest absolute Gasteiger partial charge is 0.478 e. The third-order valence-electron chi connectivity index (χ3n) is 2.77. The second kappa shape index (κ2) is 6.76. The van der Waals surface area contributed by atoms with Crippen molar-refractivity contribution in [2.75, 3.05) is 5.32 Å². The zero-order valence-corrected chi connectivity index (χ0v) is 14.7. The van der Waals surface area contributed by atoms with Crippen molar-refractivity contribution in [1.82, 2.24) is 0 Å². The second-order valence-corrected chi connectivity index (χ2v) is 6.90. The van der Waals surface area contributed by atoms with E-state index >= 15 is 0 Å². The van der Waals surface area contributed by atoms with E-state index in [0.29, 0.717) is 15.6 Å². The molecule has 0 atom stereocenters. The smallest absolute Gasteiger partial charge is 0.338 e. The normalized spacial score (nSPS) is 10.4. The van der Waals surface area contributed by atoms with Crippen LogP contribution in [0.5, 0.6) is 0 Å². The van der Waals surface area contributed by atoms with Crippen molar-refractivity contribution in [3.63, 3.8) is 0 Å². The van der Waals surface area contributed by atoms with Gasteiger partial charge >= 0.3 is 5.97 Å². The zero-order chi connectivity index (χ0) is 15.6. The minimum absolute atomic E-state index is 0.113. The number of carbonyl (C=O) groups excluding carboxylic acids is 1. The summed E-state index contributed by atoms with van der Waals surface area (Å²) in [6.07, 6.45) is 0.718. The van der Waals surface area contributed by atoms with Gasteiger partial charge in [0, 0.05) is 14.0 Å². The van der Waals surface area contributed by atoms with E-state index < -0.39 is 5.97 Å². The lowest BCUT2D eigenvalue weighted by molar-refractivity contribution is 0.0698. The van der Waals surface area contributed by atoms with Gasteiger partial charge in [0.05, 0.1) is 10.6 Å². The number of thiophene rings is 1. The molecule has 110 valence electrons. The Balaban J connectivity index is 2.28. The molecule has 1 amide bonds. The highest BCUT2D eigenvalue weighted by molar-refractivity contribution is 14.1. The fraction of sp³-hybridized carbons (Fsp3) is 0.143. The van der Waals surface area contributed by atoms with E-state index in [1.165, 1.54) is 11.3 Å². The summed E-state index contributed by atoms with van der Waals surface area (Å²) in [5, 5.41) is 12.7. The number of benzene rings is 1. The van der Waals surface area contributed by atoms with Gasteiger partial charge in [-0.25, -0.2) is 4.79 Å². The molecule has 0 saturated heterocycles. The number of hydrogen-bond donors (Lipinski definition) is 2. The highest BCUT2D eigenvalue weighted by atomic mass is 127. The molecule has 2 N–H and O–H groups in total. The van der Waals surface area contributed by atoms with Crippen molar-refractivity contribution >= 4 is 62.4 Å². The molecular weight excluding hydrogens is 425 g/mol. The van der Waals surface area contributed by atoms with Gasteiger partial charge < -0.3 is 10.4 Å². The highest BCUT2D eigenvalue weighted by Gasteiger charge is 2.17. The molecule has 0 aliphatic carbocycles. The standard InChI is InChI=1S/C14H11ClINO3S/c1-2-8-6-9(14(19)20)13(21-8)17-12(18)7-3-4-11(16)10(15)5-7/h3-6H,2H2,1H3,(H,17,18)(H,19,20). The van der Waals surface area contributed by atoms with Gasteiger partial charge in [0.2, 0.25) is 0 Å². The molecule has 0 bridgehead atoms. The first-order chi connectivity index (χ1) is 9.92. The molecule has 0 fully saturated rings. The van der Waals surface area contributed by atoms with Gasteiger partial charge in [0.15, 0.2) is 0 Å². The van der Waals surface area contributed by atoms with Crippen LogP contribution in [0.15, 0.2) is 24.3 Å². The molecule has 0 aliphatic heterocycles. The summed E-state index contributed by atoms with van der Waals surface area (Å²) >= 11 is 9.33. The van der Waals surface area contributed by atoms with Gasteiger partial charge in [-0.3, -0.25) is 4.79 Å². The number of carbonyl (C=O) groups is 2. The van der Waals surface area contributed by atoms with E-state index in [0.717, 1.165) is 14.9 Å². The summed E-state index contributed by atoms with van der Waals surface area (Å²) in [6.45, 7) is 1.93. The maximum absolute atomic E-state index is 12.2. The Bertz CT molecular complexity index is 714. The third kappa shape index (κ3) is 3.75. The first-order valence-corrected chi connectivity index (χ1v) is 8.32. The summed E-state index contributed by atoms with van der Waals surface area (Å²) < 4.78 is 0.849. The number of halogens is 2.